The third-order valence-electron chi connectivity index (χ3n) is 2.85. The molecule has 1 aromatic heterocycles. The van der Waals surface area contributed by atoms with Crippen molar-refractivity contribution in [2.24, 2.45) is 0 Å². The van der Waals surface area contributed by atoms with E-state index in [2.05, 4.69) is 15.0 Å². The summed E-state index contributed by atoms with van der Waals surface area (Å²) in [5.74, 6) is 0. The van der Waals surface area contributed by atoms with Crippen LogP contribution in [0.15, 0.2) is 47.4 Å². The number of aromatic nitrogens is 1. The lowest BCUT2D eigenvalue weighted by molar-refractivity contribution is 0.588. The maximum absolute atomic E-state index is 11.9. The first-order valence-corrected chi connectivity index (χ1v) is 7.70. The highest BCUT2D eigenvalue weighted by atomic mass is 32.2. The van der Waals surface area contributed by atoms with Gasteiger partial charge in [-0.25, -0.2) is 13.1 Å². The molecule has 0 aliphatic rings. The minimum atomic E-state index is -3.47. The van der Waals surface area contributed by atoms with Crippen LogP contribution in [0.1, 0.15) is 11.4 Å². The maximum atomic E-state index is 11.9. The second-order valence-electron chi connectivity index (χ2n) is 4.33. The van der Waals surface area contributed by atoms with Gasteiger partial charge in [0, 0.05) is 5.69 Å². The molecule has 1 aromatic carbocycles. The van der Waals surface area contributed by atoms with Crippen LogP contribution >= 0.6 is 0 Å². The summed E-state index contributed by atoms with van der Waals surface area (Å²) >= 11 is 0. The molecule has 106 valence electrons. The van der Waals surface area contributed by atoms with Gasteiger partial charge in [-0.1, -0.05) is 18.2 Å². The van der Waals surface area contributed by atoms with Gasteiger partial charge in [-0.15, -0.1) is 0 Å². The number of hydrogen-bond acceptors (Lipinski definition) is 4. The third-order valence-corrected chi connectivity index (χ3v) is 4.32. The molecule has 2 N–H and O–H groups in total. The van der Waals surface area contributed by atoms with Gasteiger partial charge in [0.1, 0.15) is 4.90 Å². The van der Waals surface area contributed by atoms with Gasteiger partial charge < -0.3 is 5.32 Å². The minimum Gasteiger partial charge on any atom is -0.378 e. The molecule has 6 heteroatoms. The number of benzene rings is 1. The first-order chi connectivity index (χ1) is 9.53. The van der Waals surface area contributed by atoms with Crippen molar-refractivity contribution in [3.05, 3.63) is 53.9 Å². The standard InChI is InChI=1S/C14H17N3O2S/c1-11-6-5-7-12(17-11)10-16-13-8-3-4-9-14(13)20(18,19)15-2/h3-9,15-16H,10H2,1-2H3. The van der Waals surface area contributed by atoms with Gasteiger partial charge in [0.15, 0.2) is 0 Å². The SMILES string of the molecule is CNS(=O)(=O)c1ccccc1NCc1cccc(C)n1. The molecule has 5 nitrogen and oxygen atoms in total. The molecule has 0 saturated heterocycles. The van der Waals surface area contributed by atoms with Gasteiger partial charge in [-0.3, -0.25) is 4.98 Å². The van der Waals surface area contributed by atoms with E-state index in [1.165, 1.54) is 7.05 Å². The van der Waals surface area contributed by atoms with Gasteiger partial charge in [-0.2, -0.15) is 0 Å². The lowest BCUT2D eigenvalue weighted by Crippen LogP contribution is -2.20. The smallest absolute Gasteiger partial charge is 0.242 e. The minimum absolute atomic E-state index is 0.232. The molecule has 0 amide bonds. The first-order valence-electron chi connectivity index (χ1n) is 6.22. The van der Waals surface area contributed by atoms with E-state index >= 15 is 0 Å². The summed E-state index contributed by atoms with van der Waals surface area (Å²) in [6.45, 7) is 2.39. The van der Waals surface area contributed by atoms with E-state index in [1.807, 2.05) is 25.1 Å². The Morgan fingerprint density at radius 1 is 1.10 bits per heavy atom. The van der Waals surface area contributed by atoms with Crippen LogP contribution in [-0.2, 0) is 16.6 Å². The van der Waals surface area contributed by atoms with E-state index in [0.29, 0.717) is 12.2 Å². The highest BCUT2D eigenvalue weighted by molar-refractivity contribution is 7.89. The number of rotatable bonds is 5. The lowest BCUT2D eigenvalue weighted by atomic mass is 10.3. The van der Waals surface area contributed by atoms with Gasteiger partial charge in [0.2, 0.25) is 10.0 Å². The Bertz CT molecular complexity index is 699. The van der Waals surface area contributed by atoms with Crippen LogP contribution in [0.5, 0.6) is 0 Å². The van der Waals surface area contributed by atoms with E-state index < -0.39 is 10.0 Å². The Hall–Kier alpha value is -1.92. The third kappa shape index (κ3) is 3.34. The second kappa shape index (κ2) is 6.02. The molecule has 0 fully saturated rings. The Kier molecular flexibility index (Phi) is 4.36. The van der Waals surface area contributed by atoms with Crippen LogP contribution in [0.3, 0.4) is 0 Å². The topological polar surface area (TPSA) is 71.1 Å². The van der Waals surface area contributed by atoms with Crippen LogP contribution in [-0.4, -0.2) is 20.4 Å². The van der Waals surface area contributed by atoms with E-state index in [0.717, 1.165) is 11.4 Å². The zero-order chi connectivity index (χ0) is 14.6. The number of para-hydroxylation sites is 1. The molecule has 2 rings (SSSR count). The van der Waals surface area contributed by atoms with E-state index in [9.17, 15) is 8.42 Å². The molecule has 0 aliphatic carbocycles. The fourth-order valence-corrected chi connectivity index (χ4v) is 2.75. The van der Waals surface area contributed by atoms with Crippen molar-refractivity contribution in [3.63, 3.8) is 0 Å². The molecule has 0 bridgehead atoms. The lowest BCUT2D eigenvalue weighted by Gasteiger charge is -2.11. The van der Waals surface area contributed by atoms with Gasteiger partial charge in [0.25, 0.3) is 0 Å². The number of nitrogens with one attached hydrogen (secondary N) is 2. The number of anilines is 1. The summed E-state index contributed by atoms with van der Waals surface area (Å²) in [5, 5.41) is 3.12. The molecule has 0 radical (unpaired) electrons. The molecule has 0 spiro atoms. The zero-order valence-electron chi connectivity index (χ0n) is 11.4. The Morgan fingerprint density at radius 2 is 1.85 bits per heavy atom. The summed E-state index contributed by atoms with van der Waals surface area (Å²) in [6.07, 6.45) is 0. The predicted octanol–water partition coefficient (Wildman–Crippen LogP) is 1.91. The largest absolute Gasteiger partial charge is 0.378 e. The Labute approximate surface area is 119 Å². The summed E-state index contributed by atoms with van der Waals surface area (Å²) in [5.41, 5.74) is 2.35. The van der Waals surface area contributed by atoms with Crippen molar-refractivity contribution in [3.8, 4) is 0 Å². The van der Waals surface area contributed by atoms with Crippen molar-refractivity contribution < 1.29 is 8.42 Å². The second-order valence-corrected chi connectivity index (χ2v) is 6.18. The van der Waals surface area contributed by atoms with Crippen molar-refractivity contribution in [1.29, 1.82) is 0 Å². The number of sulfonamides is 1. The molecule has 2 aromatic rings. The fourth-order valence-electron chi connectivity index (χ4n) is 1.84. The molecule has 0 unspecified atom stereocenters. The van der Waals surface area contributed by atoms with Crippen molar-refractivity contribution in [1.82, 2.24) is 9.71 Å². The molecular weight excluding hydrogens is 274 g/mol. The average molecular weight is 291 g/mol. The van der Waals surface area contributed by atoms with Crippen LogP contribution < -0.4 is 10.0 Å². The van der Waals surface area contributed by atoms with Crippen LogP contribution in [0.2, 0.25) is 0 Å². The first kappa shape index (κ1) is 14.5. The molecular formula is C14H17N3O2S. The molecule has 0 atom stereocenters. The van der Waals surface area contributed by atoms with Gasteiger partial charge in [-0.05, 0) is 38.2 Å². The highest BCUT2D eigenvalue weighted by Gasteiger charge is 2.15. The molecule has 1 heterocycles. The quantitative estimate of drug-likeness (QED) is 0.883. The van der Waals surface area contributed by atoms with Crippen LogP contribution in [0.25, 0.3) is 0 Å². The van der Waals surface area contributed by atoms with Crippen molar-refractivity contribution in [2.75, 3.05) is 12.4 Å². The average Bonchev–Trinajstić information content (AvgIpc) is 2.45. The molecule has 20 heavy (non-hydrogen) atoms. The van der Waals surface area contributed by atoms with E-state index in [4.69, 9.17) is 0 Å². The molecule has 0 aliphatic heterocycles. The highest BCUT2D eigenvalue weighted by Crippen LogP contribution is 2.20. The van der Waals surface area contributed by atoms with Crippen LogP contribution in [0.4, 0.5) is 5.69 Å². The summed E-state index contributed by atoms with van der Waals surface area (Å²) in [4.78, 5) is 4.60. The Balaban J connectivity index is 2.22. The van der Waals surface area contributed by atoms with Gasteiger partial charge in [0.05, 0.1) is 17.9 Å². The van der Waals surface area contributed by atoms with E-state index in [1.54, 1.807) is 24.3 Å². The normalized spacial score (nSPS) is 11.3. The number of hydrogen-bond donors (Lipinski definition) is 2. The van der Waals surface area contributed by atoms with Crippen molar-refractivity contribution >= 4 is 15.7 Å². The number of nitrogens with zero attached hydrogens (tertiary/aromatic N) is 1. The summed E-state index contributed by atoms with van der Waals surface area (Å²) in [6, 6.07) is 12.5. The Morgan fingerprint density at radius 3 is 2.55 bits per heavy atom. The maximum Gasteiger partial charge on any atom is 0.242 e. The number of aryl methyl sites for hydroxylation is 1. The summed E-state index contributed by atoms with van der Waals surface area (Å²) in [7, 11) is -2.08. The zero-order valence-corrected chi connectivity index (χ0v) is 12.2. The van der Waals surface area contributed by atoms with Gasteiger partial charge >= 0.3 is 0 Å². The summed E-state index contributed by atoms with van der Waals surface area (Å²) < 4.78 is 26.2. The van der Waals surface area contributed by atoms with Crippen molar-refractivity contribution in [2.45, 2.75) is 18.4 Å². The number of pyridine rings is 1. The van der Waals surface area contributed by atoms with E-state index in [-0.39, 0.29) is 4.90 Å². The fraction of sp³-hybridized carbons (Fsp3) is 0.214. The van der Waals surface area contributed by atoms with Crippen LogP contribution in [0, 0.1) is 6.92 Å². The monoisotopic (exact) mass is 291 g/mol. The molecule has 0 saturated carbocycles. The predicted molar refractivity (Wildman–Crippen MR) is 79.0 cm³/mol.